The summed E-state index contributed by atoms with van der Waals surface area (Å²) in [5.74, 6) is 0.610. The molecule has 7 heteroatoms. The average Bonchev–Trinajstić information content (AvgIpc) is 2.63. The molecule has 6 nitrogen and oxygen atoms in total. The summed E-state index contributed by atoms with van der Waals surface area (Å²) in [5, 5.41) is 2.83. The Morgan fingerprint density at radius 1 is 0.964 bits per heavy atom. The van der Waals surface area contributed by atoms with E-state index in [1.165, 1.54) is 24.3 Å². The van der Waals surface area contributed by atoms with Gasteiger partial charge < -0.3 is 10.1 Å². The predicted octanol–water partition coefficient (Wildman–Crippen LogP) is 3.35. The van der Waals surface area contributed by atoms with E-state index in [4.69, 9.17) is 4.74 Å². The highest BCUT2D eigenvalue weighted by Crippen LogP contribution is 2.14. The van der Waals surface area contributed by atoms with Crippen LogP contribution in [0.5, 0.6) is 5.75 Å². The van der Waals surface area contributed by atoms with Crippen molar-refractivity contribution < 1.29 is 17.9 Å². The lowest BCUT2D eigenvalue weighted by Crippen LogP contribution is -2.40. The highest BCUT2D eigenvalue weighted by atomic mass is 32.2. The largest absolute Gasteiger partial charge is 0.494 e. The Morgan fingerprint density at radius 3 is 2.21 bits per heavy atom. The second-order valence-corrected chi connectivity index (χ2v) is 9.19. The molecular weight excluding hydrogens is 376 g/mol. The van der Waals surface area contributed by atoms with E-state index in [9.17, 15) is 13.2 Å². The van der Waals surface area contributed by atoms with Gasteiger partial charge in [-0.1, -0.05) is 18.2 Å². The minimum Gasteiger partial charge on any atom is -0.494 e. The first-order valence-corrected chi connectivity index (χ1v) is 10.8. The maximum Gasteiger partial charge on any atom is 0.251 e. The van der Waals surface area contributed by atoms with Gasteiger partial charge in [-0.2, -0.15) is 0 Å². The summed E-state index contributed by atoms with van der Waals surface area (Å²) in [6.07, 6.45) is 1.62. The van der Waals surface area contributed by atoms with Crippen molar-refractivity contribution in [3.63, 3.8) is 0 Å². The zero-order valence-electron chi connectivity index (χ0n) is 16.6. The van der Waals surface area contributed by atoms with Gasteiger partial charge in [-0.3, -0.25) is 4.79 Å². The number of rotatable bonds is 9. The van der Waals surface area contributed by atoms with Crippen molar-refractivity contribution in [1.82, 2.24) is 10.0 Å². The number of hydrogen-bond donors (Lipinski definition) is 2. The number of carbonyl (C=O) groups is 1. The zero-order chi connectivity index (χ0) is 20.6. The van der Waals surface area contributed by atoms with Gasteiger partial charge in [0.25, 0.3) is 5.91 Å². The topological polar surface area (TPSA) is 84.5 Å². The van der Waals surface area contributed by atoms with Crippen molar-refractivity contribution >= 4 is 15.9 Å². The number of amides is 1. The summed E-state index contributed by atoms with van der Waals surface area (Å²) in [7, 11) is -3.61. The van der Waals surface area contributed by atoms with Gasteiger partial charge in [0.2, 0.25) is 10.0 Å². The molecule has 0 aliphatic heterocycles. The van der Waals surface area contributed by atoms with Crippen LogP contribution >= 0.6 is 0 Å². The number of nitrogens with one attached hydrogen (secondary N) is 2. The van der Waals surface area contributed by atoms with Crippen molar-refractivity contribution in [3.8, 4) is 5.75 Å². The minimum atomic E-state index is -3.61. The lowest BCUT2D eigenvalue weighted by Gasteiger charge is -2.20. The van der Waals surface area contributed by atoms with E-state index < -0.39 is 15.6 Å². The fraction of sp³-hybridized carbons (Fsp3) is 0.381. The van der Waals surface area contributed by atoms with Crippen LogP contribution in [0.15, 0.2) is 59.5 Å². The maximum absolute atomic E-state index is 12.3. The summed E-state index contributed by atoms with van der Waals surface area (Å²) in [6, 6.07) is 15.5. The highest BCUT2D eigenvalue weighted by Gasteiger charge is 2.22. The molecule has 2 aromatic rings. The Balaban J connectivity index is 1.75. The van der Waals surface area contributed by atoms with Gasteiger partial charge in [0.15, 0.2) is 0 Å². The molecule has 0 saturated heterocycles. The van der Waals surface area contributed by atoms with Crippen molar-refractivity contribution in [2.24, 2.45) is 0 Å². The Bertz CT molecular complexity index is 858. The third-order valence-corrected chi connectivity index (χ3v) is 5.51. The fourth-order valence-electron chi connectivity index (χ4n) is 2.49. The second kappa shape index (κ2) is 9.71. The molecule has 0 saturated carbocycles. The number of unbranched alkanes of at least 4 members (excludes halogenated alkanes) is 1. The Morgan fingerprint density at radius 2 is 1.61 bits per heavy atom. The van der Waals surface area contributed by atoms with Crippen LogP contribution in [0.2, 0.25) is 0 Å². The van der Waals surface area contributed by atoms with Crippen LogP contribution in [-0.4, -0.2) is 33.0 Å². The first-order valence-electron chi connectivity index (χ1n) is 9.27. The van der Waals surface area contributed by atoms with Gasteiger partial charge >= 0.3 is 0 Å². The number of para-hydroxylation sites is 1. The third-order valence-electron chi connectivity index (χ3n) is 3.74. The van der Waals surface area contributed by atoms with E-state index in [0.717, 1.165) is 18.6 Å². The van der Waals surface area contributed by atoms with Crippen LogP contribution in [0.25, 0.3) is 0 Å². The molecule has 1 amide bonds. The van der Waals surface area contributed by atoms with Crippen LogP contribution in [0.3, 0.4) is 0 Å². The smallest absolute Gasteiger partial charge is 0.251 e. The molecule has 0 aliphatic carbocycles. The van der Waals surface area contributed by atoms with Crippen molar-refractivity contribution in [1.29, 1.82) is 0 Å². The summed E-state index contributed by atoms with van der Waals surface area (Å²) in [5.41, 5.74) is -0.144. The van der Waals surface area contributed by atoms with Crippen molar-refractivity contribution in [2.45, 2.75) is 44.0 Å². The van der Waals surface area contributed by atoms with E-state index in [1.807, 2.05) is 30.3 Å². The molecule has 0 aromatic heterocycles. The standard InChI is InChI=1S/C21H28N2O4S/c1-21(2,3)23-28(25,26)19-13-11-17(12-14-19)20(24)22-15-7-8-16-27-18-9-5-4-6-10-18/h4-6,9-14,23H,7-8,15-16H2,1-3H3,(H,22,24). The Hall–Kier alpha value is -2.38. The molecule has 2 N–H and O–H groups in total. The summed E-state index contributed by atoms with van der Waals surface area (Å²) in [4.78, 5) is 12.3. The molecule has 152 valence electrons. The molecule has 0 unspecified atom stereocenters. The molecular formula is C21H28N2O4S. The first-order chi connectivity index (χ1) is 13.2. The van der Waals surface area contributed by atoms with Crippen molar-refractivity contribution in [3.05, 3.63) is 60.2 Å². The molecule has 0 radical (unpaired) electrons. The molecule has 0 heterocycles. The fourth-order valence-corrected chi connectivity index (χ4v) is 3.90. The summed E-state index contributed by atoms with van der Waals surface area (Å²) in [6.45, 7) is 6.45. The second-order valence-electron chi connectivity index (χ2n) is 7.50. The van der Waals surface area contributed by atoms with E-state index in [2.05, 4.69) is 10.0 Å². The number of benzene rings is 2. The normalized spacial score (nSPS) is 11.8. The van der Waals surface area contributed by atoms with Gasteiger partial charge in [0, 0.05) is 17.6 Å². The lowest BCUT2D eigenvalue weighted by atomic mass is 10.1. The lowest BCUT2D eigenvalue weighted by molar-refractivity contribution is 0.0952. The molecule has 28 heavy (non-hydrogen) atoms. The van der Waals surface area contributed by atoms with Gasteiger partial charge in [0.05, 0.1) is 11.5 Å². The average molecular weight is 405 g/mol. The predicted molar refractivity (Wildman–Crippen MR) is 110 cm³/mol. The first kappa shape index (κ1) is 21.9. The van der Waals surface area contributed by atoms with Gasteiger partial charge in [-0.05, 0) is 70.0 Å². The van der Waals surface area contributed by atoms with E-state index in [1.54, 1.807) is 20.8 Å². The molecule has 2 aromatic carbocycles. The molecule has 0 bridgehead atoms. The highest BCUT2D eigenvalue weighted by molar-refractivity contribution is 7.89. The third kappa shape index (κ3) is 7.32. The van der Waals surface area contributed by atoms with Crippen LogP contribution in [-0.2, 0) is 10.0 Å². The van der Waals surface area contributed by atoms with Crippen LogP contribution in [0.1, 0.15) is 44.0 Å². The van der Waals surface area contributed by atoms with Crippen LogP contribution in [0.4, 0.5) is 0 Å². The minimum absolute atomic E-state index is 0.136. The van der Waals surface area contributed by atoms with Crippen LogP contribution < -0.4 is 14.8 Å². The van der Waals surface area contributed by atoms with Crippen LogP contribution in [0, 0.1) is 0 Å². The zero-order valence-corrected chi connectivity index (χ0v) is 17.4. The number of ether oxygens (including phenoxy) is 1. The monoisotopic (exact) mass is 404 g/mol. The summed E-state index contributed by atoms with van der Waals surface area (Å²) < 4.78 is 32.7. The molecule has 0 aliphatic rings. The van der Waals surface area contributed by atoms with Crippen molar-refractivity contribution in [2.75, 3.05) is 13.2 Å². The Kier molecular flexibility index (Phi) is 7.60. The van der Waals surface area contributed by atoms with E-state index >= 15 is 0 Å². The van der Waals surface area contributed by atoms with Gasteiger partial charge in [-0.15, -0.1) is 0 Å². The molecule has 0 fully saturated rings. The Labute approximate surface area is 167 Å². The van der Waals surface area contributed by atoms with E-state index in [0.29, 0.717) is 18.7 Å². The molecule has 0 spiro atoms. The number of hydrogen-bond acceptors (Lipinski definition) is 4. The maximum atomic E-state index is 12.3. The van der Waals surface area contributed by atoms with Gasteiger partial charge in [-0.25, -0.2) is 13.1 Å². The molecule has 0 atom stereocenters. The molecule has 2 rings (SSSR count). The van der Waals surface area contributed by atoms with E-state index in [-0.39, 0.29) is 10.8 Å². The number of carbonyl (C=O) groups excluding carboxylic acids is 1. The number of sulfonamides is 1. The summed E-state index contributed by atoms with van der Waals surface area (Å²) >= 11 is 0. The SMILES string of the molecule is CC(C)(C)NS(=O)(=O)c1ccc(C(=O)NCCCCOc2ccccc2)cc1. The quantitative estimate of drug-likeness (QED) is 0.628. The van der Waals surface area contributed by atoms with Gasteiger partial charge in [0.1, 0.15) is 5.75 Å².